The molecule has 0 aromatic rings. The molecule has 82 valence electrons. The van der Waals surface area contributed by atoms with Crippen LogP contribution in [0.3, 0.4) is 0 Å². The highest BCUT2D eigenvalue weighted by Crippen LogP contribution is 2.59. The van der Waals surface area contributed by atoms with Gasteiger partial charge in [-0.15, -0.1) is 23.2 Å². The van der Waals surface area contributed by atoms with Crippen LogP contribution in [0.1, 0.15) is 0 Å². The average molecular weight is 349 g/mol. The minimum absolute atomic E-state index is 0.482. The van der Waals surface area contributed by atoms with Gasteiger partial charge in [0.25, 0.3) is 0 Å². The van der Waals surface area contributed by atoms with E-state index in [0.29, 0.717) is 20.5 Å². The minimum Gasteiger partial charge on any atom is -0.119 e. The van der Waals surface area contributed by atoms with E-state index in [1.807, 2.05) is 0 Å². The molecule has 2 atom stereocenters. The molecule has 1 aliphatic rings. The molecule has 14 heavy (non-hydrogen) atoms. The van der Waals surface area contributed by atoms with E-state index in [1.165, 1.54) is 6.08 Å². The van der Waals surface area contributed by atoms with Crippen molar-refractivity contribution in [3.8, 4) is 0 Å². The van der Waals surface area contributed by atoms with Crippen LogP contribution in [-0.4, -0.2) is 38.1 Å². The molecule has 0 aromatic carbocycles. The zero-order chi connectivity index (χ0) is 11.4. The topological polar surface area (TPSA) is 0 Å². The summed E-state index contributed by atoms with van der Waals surface area (Å²) in [6.07, 6.45) is 3.21. The van der Waals surface area contributed by atoms with Crippen LogP contribution in [-0.2, 0) is 0 Å². The van der Waals surface area contributed by atoms with Gasteiger partial charge in [0.15, 0.2) is 8.67 Å². The van der Waals surface area contributed by atoms with E-state index in [1.54, 1.807) is 6.08 Å². The van der Waals surface area contributed by atoms with E-state index in [-0.39, 0.29) is 0 Å². The Morgan fingerprint density at radius 2 is 1.21 bits per heavy atom. The first kappa shape index (κ1) is 14.0. The molecule has 2 unspecified atom stereocenters. The Morgan fingerprint density at radius 1 is 0.786 bits per heavy atom. The van der Waals surface area contributed by atoms with E-state index >= 15 is 0 Å². The summed E-state index contributed by atoms with van der Waals surface area (Å²) in [5, 5.41) is 0. The van der Waals surface area contributed by atoms with Gasteiger partial charge in [0.05, 0.1) is 8.99 Å². The average Bonchev–Trinajstić information content (AvgIpc) is 1.98. The maximum Gasteiger partial charge on any atom is 0.171 e. The number of halogens is 6. The Balaban J connectivity index is 3.36. The third-order valence-electron chi connectivity index (χ3n) is 2.53. The number of rotatable bonds is 0. The maximum atomic E-state index is 6.32. The van der Waals surface area contributed by atoms with E-state index in [9.17, 15) is 0 Å². The molecular weight excluding hydrogens is 341 g/mol. The molecule has 8 heteroatoms. The summed E-state index contributed by atoms with van der Waals surface area (Å²) in [4.78, 5) is 0. The van der Waals surface area contributed by atoms with E-state index in [2.05, 4.69) is 0 Å². The van der Waals surface area contributed by atoms with Crippen molar-refractivity contribution in [2.45, 2.75) is 17.7 Å². The van der Waals surface area contributed by atoms with E-state index < -0.39 is 17.7 Å². The summed E-state index contributed by atoms with van der Waals surface area (Å²) in [6, 6.07) is 0. The molecule has 0 fully saturated rings. The summed E-state index contributed by atoms with van der Waals surface area (Å²) in [7, 11) is 1.10. The van der Waals surface area contributed by atoms with Crippen molar-refractivity contribution in [2.75, 3.05) is 0 Å². The lowest BCUT2D eigenvalue weighted by molar-refractivity contribution is 0.588. The second kappa shape index (κ2) is 3.71. The van der Waals surface area contributed by atoms with Gasteiger partial charge in [-0.05, 0) is 6.08 Å². The summed E-state index contributed by atoms with van der Waals surface area (Å²) < 4.78 is -4.57. The van der Waals surface area contributed by atoms with Gasteiger partial charge in [-0.25, -0.2) is 0 Å². The van der Waals surface area contributed by atoms with Crippen molar-refractivity contribution < 1.29 is 0 Å². The van der Waals surface area contributed by atoms with Crippen molar-refractivity contribution in [1.29, 1.82) is 0 Å². The molecule has 0 nitrogen and oxygen atoms in total. The lowest BCUT2D eigenvalue weighted by Crippen LogP contribution is -2.65. The van der Waals surface area contributed by atoms with Crippen LogP contribution in [0.25, 0.3) is 0 Å². The number of alkyl halides is 6. The Bertz CT molecular complexity index is 254. The van der Waals surface area contributed by atoms with Gasteiger partial charge in [0, 0.05) is 20.5 Å². The van der Waals surface area contributed by atoms with Crippen molar-refractivity contribution in [3.63, 3.8) is 0 Å². The molecule has 1 aliphatic carbocycles. The van der Waals surface area contributed by atoms with Gasteiger partial charge in [-0.3, -0.25) is 0 Å². The van der Waals surface area contributed by atoms with Crippen LogP contribution in [0.15, 0.2) is 12.2 Å². The highest BCUT2D eigenvalue weighted by molar-refractivity contribution is 6.73. The summed E-state index contributed by atoms with van der Waals surface area (Å²) in [5.74, 6) is 0. The van der Waals surface area contributed by atoms with Gasteiger partial charge in [-0.1, -0.05) is 52.5 Å². The zero-order valence-corrected chi connectivity index (χ0v) is 16.0. The minimum atomic E-state index is -1.48. The number of hydrogen-bond acceptors (Lipinski definition) is 0. The molecule has 0 saturated heterocycles. The molecule has 0 aliphatic heterocycles. The highest BCUT2D eigenvalue weighted by atomic mass is 35.5. The molecule has 1 rings (SSSR count). The third-order valence-corrected chi connectivity index (χ3v) is 11.9. The smallest absolute Gasteiger partial charge is 0.119 e. The molecule has 0 heterocycles. The second-order valence-corrected chi connectivity index (χ2v) is 12.2. The first-order chi connectivity index (χ1) is 5.96. The highest BCUT2D eigenvalue weighted by Gasteiger charge is 2.65. The fourth-order valence-electron chi connectivity index (χ4n) is 1.14. The third kappa shape index (κ3) is 1.80. The largest absolute Gasteiger partial charge is 0.171 e. The molecule has 0 amide bonds. The molecule has 0 bridgehead atoms. The lowest BCUT2D eigenvalue weighted by atomic mass is 10.0. The Morgan fingerprint density at radius 3 is 1.57 bits per heavy atom. The van der Waals surface area contributed by atoms with Crippen LogP contribution in [0.4, 0.5) is 0 Å². The van der Waals surface area contributed by atoms with Crippen molar-refractivity contribution in [2.24, 2.45) is 0 Å². The molecule has 0 spiro atoms. The van der Waals surface area contributed by atoms with Crippen LogP contribution in [0.2, 0.25) is 0 Å². The SMILES string of the molecule is [SiH3]C1(Cl)C=CC(Cl)(Cl)C(Cl)(Cl)C1([SiH3])Cl. The fraction of sp³-hybridized carbons (Fsp3) is 0.667. The van der Waals surface area contributed by atoms with Crippen LogP contribution >= 0.6 is 69.6 Å². The summed E-state index contributed by atoms with van der Waals surface area (Å²) in [6.45, 7) is 0. The van der Waals surface area contributed by atoms with Gasteiger partial charge < -0.3 is 0 Å². The first-order valence-electron chi connectivity index (χ1n) is 3.79. The van der Waals surface area contributed by atoms with Crippen molar-refractivity contribution in [1.82, 2.24) is 0 Å². The maximum absolute atomic E-state index is 6.32. The molecule has 0 aromatic heterocycles. The summed E-state index contributed by atoms with van der Waals surface area (Å²) >= 11 is 36.8. The number of allylic oxidation sites excluding steroid dienone is 2. The van der Waals surface area contributed by atoms with Crippen LogP contribution in [0, 0.1) is 0 Å². The fourth-order valence-corrected chi connectivity index (χ4v) is 4.51. The second-order valence-electron chi connectivity index (χ2n) is 3.61. The molecule has 0 saturated carbocycles. The number of hydrogen-bond donors (Lipinski definition) is 0. The molecule has 0 N–H and O–H groups in total. The van der Waals surface area contributed by atoms with Gasteiger partial charge in [0.1, 0.15) is 0 Å². The van der Waals surface area contributed by atoms with Crippen LogP contribution < -0.4 is 0 Å². The first-order valence-corrected chi connectivity index (χ1v) is 8.06. The van der Waals surface area contributed by atoms with E-state index in [0.717, 1.165) is 0 Å². The quantitative estimate of drug-likeness (QED) is 0.353. The lowest BCUT2D eigenvalue weighted by Gasteiger charge is -2.51. The van der Waals surface area contributed by atoms with Gasteiger partial charge in [0.2, 0.25) is 0 Å². The Hall–Kier alpha value is 1.91. The predicted octanol–water partition coefficient (Wildman–Crippen LogP) is 1.50. The van der Waals surface area contributed by atoms with Gasteiger partial charge >= 0.3 is 0 Å². The predicted molar refractivity (Wildman–Crippen MR) is 75.1 cm³/mol. The molecular formula is C6H8Cl6Si2. The Kier molecular flexibility index (Phi) is 3.70. The van der Waals surface area contributed by atoms with Crippen molar-refractivity contribution >= 4 is 90.1 Å². The standard InChI is InChI=1S/C6H8Cl6Si2/c7-3(8)1-2-4(9,13)6(12,14)5(3,10)11/h1-2H,13-14H3. The normalized spacial score (nSPS) is 45.6. The van der Waals surface area contributed by atoms with E-state index in [4.69, 9.17) is 69.6 Å². The monoisotopic (exact) mass is 346 g/mol. The van der Waals surface area contributed by atoms with Gasteiger partial charge in [-0.2, -0.15) is 0 Å². The Labute approximate surface area is 119 Å². The summed E-state index contributed by atoms with van der Waals surface area (Å²) in [5.41, 5.74) is 0. The van der Waals surface area contributed by atoms with Crippen molar-refractivity contribution in [3.05, 3.63) is 12.2 Å². The molecule has 0 radical (unpaired) electrons. The van der Waals surface area contributed by atoms with Crippen LogP contribution in [0.5, 0.6) is 0 Å². The zero-order valence-electron chi connectivity index (χ0n) is 7.42.